The van der Waals surface area contributed by atoms with Crippen LogP contribution in [0.1, 0.15) is 102 Å². The summed E-state index contributed by atoms with van der Waals surface area (Å²) in [5, 5.41) is 5.34. The molecule has 1 atom stereocenters. The molecule has 1 aliphatic heterocycles. The average molecular weight is 1040 g/mol. The van der Waals surface area contributed by atoms with Crippen molar-refractivity contribution in [3.05, 3.63) is 0 Å². The molecule has 1 unspecified atom stereocenters. The first-order valence-electron chi connectivity index (χ1n) is 19.4. The molecule has 2 amide bonds. The van der Waals surface area contributed by atoms with Crippen molar-refractivity contribution >= 4 is 36.2 Å². The molecule has 2 N–H and O–H groups in total. The monoisotopic (exact) mass is 1040 g/mol. The smallest absolute Gasteiger partial charge is 0.326 e. The molecule has 16 nitrogen and oxygen atoms in total. The average Bonchev–Trinajstić information content (AvgIpc) is 2.97. The summed E-state index contributed by atoms with van der Waals surface area (Å²) in [6, 6.07) is -0.827. The van der Waals surface area contributed by atoms with E-state index in [0.717, 1.165) is 0 Å². The van der Waals surface area contributed by atoms with Gasteiger partial charge in [-0.2, -0.15) is 6.41 Å². The SMILES string of the molecule is CC(C)(C)OC(=O)CN1CCN(CC(=O)NCCCCC(N[C-]=O)C(=O)OC(C)(C)C)CCN(CC(=O)OC(C)(C)C)CCN(CC(=O)OC(C)(C)C)CC1.[Fm]. The van der Waals surface area contributed by atoms with E-state index in [4.69, 9.17) is 18.9 Å². The van der Waals surface area contributed by atoms with Crippen molar-refractivity contribution < 1.29 is 47.7 Å². The Bertz CT molecular complexity index is 1200. The minimum atomic E-state index is -0.827. The first-order chi connectivity index (χ1) is 25.2. The van der Waals surface area contributed by atoms with Crippen LogP contribution in [0.15, 0.2) is 0 Å². The summed E-state index contributed by atoms with van der Waals surface area (Å²) in [5.74, 6) is -1.85. The van der Waals surface area contributed by atoms with E-state index in [0.29, 0.717) is 78.2 Å². The molecule has 1 heterocycles. The Hall–Kier alpha value is -4.34. The van der Waals surface area contributed by atoms with Gasteiger partial charge in [0, 0.05) is 58.9 Å². The molecular weight excluding hydrogens is 969 g/mol. The van der Waals surface area contributed by atoms with Crippen molar-refractivity contribution in [1.82, 2.24) is 30.2 Å². The van der Waals surface area contributed by atoms with Crippen molar-refractivity contribution in [2.45, 2.75) is 131 Å². The standard InChI is InChI=1S/C39H71N6O10.Fm/c1-36(2,3)52-32(48)26-43-19-17-42(25-31(47)40-16-14-13-15-30(41-29-46)35(51)55-39(10,11)12)18-20-44(27-33(49)53-37(4,5)6)22-24-45(23-21-43)28-34(50)54-38(7,8)9;/h30H,13-28H2,1-12H3,(H,40,47)(H,41,46);/q-1;. The van der Waals surface area contributed by atoms with Crippen LogP contribution in [0.5, 0.6) is 0 Å². The van der Waals surface area contributed by atoms with Crippen LogP contribution in [-0.4, -0.2) is 169 Å². The Balaban J connectivity index is 0.0000302. The summed E-state index contributed by atoms with van der Waals surface area (Å²) in [6.45, 7) is 25.6. The van der Waals surface area contributed by atoms with Crippen LogP contribution in [0.25, 0.3) is 0 Å². The van der Waals surface area contributed by atoms with Gasteiger partial charge in [0.25, 0.3) is 0 Å². The van der Waals surface area contributed by atoms with Crippen LogP contribution < -0.4 is 10.6 Å². The zero-order chi connectivity index (χ0) is 42.0. The molecule has 0 aromatic carbocycles. The fraction of sp³-hybridized carbons (Fsp3) is 0.846. The molecule has 330 valence electrons. The van der Waals surface area contributed by atoms with Gasteiger partial charge in [-0.05, 0) is 102 Å². The number of nitrogens with zero attached hydrogens (tertiary/aromatic N) is 4. The summed E-state index contributed by atoms with van der Waals surface area (Å²) in [6.07, 6.45) is 3.02. The quantitative estimate of drug-likeness (QED) is 0.0754. The third kappa shape index (κ3) is 26.5. The van der Waals surface area contributed by atoms with Gasteiger partial charge in [0.1, 0.15) is 22.4 Å². The van der Waals surface area contributed by atoms with Gasteiger partial charge in [-0.3, -0.25) is 38.8 Å². The molecule has 0 radical (unpaired) electrons. The summed E-state index contributed by atoms with van der Waals surface area (Å²) >= 11 is 0. The number of hydrogen-bond acceptors (Lipinski definition) is 14. The van der Waals surface area contributed by atoms with Crippen LogP contribution in [0, 0.1) is 0 Å². The number of amides is 2. The number of carbonyl (C=O) groups excluding carboxylic acids is 6. The van der Waals surface area contributed by atoms with Crippen LogP contribution in [0.4, 0.5) is 0 Å². The Labute approximate surface area is 329 Å². The maximum Gasteiger partial charge on any atom is 0.326 e. The predicted octanol–water partition coefficient (Wildman–Crippen LogP) is 1.89. The van der Waals surface area contributed by atoms with Crippen molar-refractivity contribution in [1.29, 1.82) is 0 Å². The van der Waals surface area contributed by atoms with Gasteiger partial charge in [-0.25, -0.2) is 4.79 Å². The molecule has 0 aromatic heterocycles. The van der Waals surface area contributed by atoms with Gasteiger partial charge in [-0.1, -0.05) is 0 Å². The minimum Gasteiger partial charge on any atom is -0.520 e. The molecule has 0 saturated carbocycles. The van der Waals surface area contributed by atoms with Gasteiger partial charge in [-0.15, -0.1) is 0 Å². The number of nitrogens with one attached hydrogen (secondary N) is 2. The zero-order valence-corrected chi connectivity index (χ0v) is 38.5. The molecular formula is C39H71FmN6O10-. The first-order valence-corrected chi connectivity index (χ1v) is 19.4. The van der Waals surface area contributed by atoms with E-state index < -0.39 is 34.4 Å². The summed E-state index contributed by atoms with van der Waals surface area (Å²) in [5.41, 5.74) is -2.66. The molecule has 0 aromatic rings. The summed E-state index contributed by atoms with van der Waals surface area (Å²) in [4.78, 5) is 83.3. The molecule has 17 heteroatoms. The zero-order valence-electron chi connectivity index (χ0n) is 36.1. The third-order valence-corrected chi connectivity index (χ3v) is 7.78. The van der Waals surface area contributed by atoms with Crippen LogP contribution in [0.3, 0.4) is 0 Å². The molecule has 1 aliphatic rings. The number of ether oxygens (including phenoxy) is 4. The van der Waals surface area contributed by atoms with Crippen LogP contribution >= 0.6 is 0 Å². The Morgan fingerprint density at radius 1 is 0.536 bits per heavy atom. The number of unbranched alkanes of at least 4 members (excludes halogenated alkanes) is 1. The van der Waals surface area contributed by atoms with E-state index in [2.05, 4.69) is 10.6 Å². The summed E-state index contributed by atoms with van der Waals surface area (Å²) in [7, 11) is 0. The van der Waals surface area contributed by atoms with Crippen molar-refractivity contribution in [2.24, 2.45) is 0 Å². The maximum absolute atomic E-state index is 13.2. The Morgan fingerprint density at radius 2 is 0.857 bits per heavy atom. The normalized spacial score (nSPS) is 16.9. The molecule has 1 saturated heterocycles. The number of esters is 4. The topological polar surface area (TPSA) is 176 Å². The van der Waals surface area contributed by atoms with Gasteiger partial charge in [0.2, 0.25) is 5.91 Å². The van der Waals surface area contributed by atoms with Crippen LogP contribution in [-0.2, 0) is 47.7 Å². The third-order valence-electron chi connectivity index (χ3n) is 7.78. The minimum absolute atomic E-state index is 0. The second-order valence-electron chi connectivity index (χ2n) is 18.0. The van der Waals surface area contributed by atoms with E-state index in [-0.39, 0.29) is 50.0 Å². The van der Waals surface area contributed by atoms with E-state index in [9.17, 15) is 28.8 Å². The van der Waals surface area contributed by atoms with E-state index in [1.165, 1.54) is 0 Å². The first kappa shape index (κ1) is 51.7. The van der Waals surface area contributed by atoms with Gasteiger partial charge in [0.15, 0.2) is 0 Å². The van der Waals surface area contributed by atoms with E-state index in [1.807, 2.05) is 81.9 Å². The number of carbonyl (C=O) groups is 5. The molecule has 0 bridgehead atoms. The summed E-state index contributed by atoms with van der Waals surface area (Å²) < 4.78 is 22.2. The Morgan fingerprint density at radius 3 is 1.16 bits per heavy atom. The second kappa shape index (κ2) is 23.7. The molecule has 0 spiro atoms. The fourth-order valence-electron chi connectivity index (χ4n) is 5.53. The van der Waals surface area contributed by atoms with Gasteiger partial charge >= 0.3 is 23.9 Å². The fourth-order valence-corrected chi connectivity index (χ4v) is 5.53. The Kier molecular flexibility index (Phi) is 21.8. The van der Waals surface area contributed by atoms with Gasteiger partial charge in [0.05, 0.1) is 32.2 Å². The van der Waals surface area contributed by atoms with Crippen LogP contribution in [0.2, 0.25) is 0 Å². The second-order valence-corrected chi connectivity index (χ2v) is 18.0. The number of hydrogen-bond donors (Lipinski definition) is 2. The molecule has 1 fully saturated rings. The molecule has 1 rings (SSSR count). The predicted molar refractivity (Wildman–Crippen MR) is 209 cm³/mol. The van der Waals surface area contributed by atoms with Crippen molar-refractivity contribution in [3.63, 3.8) is 0 Å². The van der Waals surface area contributed by atoms with Crippen molar-refractivity contribution in [3.8, 4) is 0 Å². The largest absolute Gasteiger partial charge is 0.520 e. The van der Waals surface area contributed by atoms with E-state index >= 15 is 0 Å². The maximum atomic E-state index is 13.2. The molecule has 56 heavy (non-hydrogen) atoms. The van der Waals surface area contributed by atoms with Gasteiger partial charge < -0.3 is 34.4 Å². The number of rotatable bonds is 16. The van der Waals surface area contributed by atoms with Crippen molar-refractivity contribution in [2.75, 3.05) is 85.1 Å². The van der Waals surface area contributed by atoms with E-state index in [1.54, 1.807) is 27.2 Å². The molecule has 0 aliphatic carbocycles.